The Kier molecular flexibility index (Phi) is 10.0. The monoisotopic (exact) mass is 422 g/mol. The van der Waals surface area contributed by atoms with Crippen molar-refractivity contribution in [1.29, 1.82) is 0 Å². The lowest BCUT2D eigenvalue weighted by Gasteiger charge is -2.25. The maximum Gasteiger partial charge on any atom is 0.247 e. The zero-order chi connectivity index (χ0) is 22.8. The average Bonchev–Trinajstić information content (AvgIpc) is 3.15. The number of para-hydroxylation sites is 1. The van der Waals surface area contributed by atoms with Gasteiger partial charge in [-0.2, -0.15) is 0 Å². The number of hydrogen-bond donors (Lipinski definition) is 3. The first-order valence-corrected chi connectivity index (χ1v) is 10.1. The van der Waals surface area contributed by atoms with E-state index in [9.17, 15) is 13.6 Å². The van der Waals surface area contributed by atoms with Gasteiger partial charge in [-0.15, -0.1) is 0 Å². The van der Waals surface area contributed by atoms with Gasteiger partial charge in [0, 0.05) is 19.7 Å². The maximum absolute atomic E-state index is 13.7. The van der Waals surface area contributed by atoms with Crippen molar-refractivity contribution in [2.24, 2.45) is 0 Å². The third-order valence-electron chi connectivity index (χ3n) is 4.30. The van der Waals surface area contributed by atoms with Crippen LogP contribution in [-0.4, -0.2) is 37.7 Å². The number of anilines is 1. The number of nitrogens with one attached hydrogen (secondary N) is 3. The Bertz CT molecular complexity index is 814. The maximum atomic E-state index is 13.7. The summed E-state index contributed by atoms with van der Waals surface area (Å²) in [6.07, 6.45) is 3.59. The molecule has 1 aromatic rings. The second kappa shape index (κ2) is 12.0. The second-order valence-corrected chi connectivity index (χ2v) is 6.03. The highest BCUT2D eigenvalue weighted by atomic mass is 19.1. The zero-order valence-corrected chi connectivity index (χ0v) is 18.7. The first-order valence-electron chi connectivity index (χ1n) is 10.1. The molecule has 30 heavy (non-hydrogen) atoms. The van der Waals surface area contributed by atoms with Gasteiger partial charge in [-0.3, -0.25) is 4.79 Å². The van der Waals surface area contributed by atoms with Gasteiger partial charge in [0.15, 0.2) is 5.88 Å². The number of methoxy groups -OCH3 is 1. The summed E-state index contributed by atoms with van der Waals surface area (Å²) in [4.78, 5) is 12.4. The van der Waals surface area contributed by atoms with Crippen LogP contribution in [0.25, 0.3) is 0 Å². The molecule has 2 aliphatic rings. The number of benzene rings is 1. The topological polar surface area (TPSA) is 65.6 Å². The van der Waals surface area contributed by atoms with Crippen molar-refractivity contribution in [3.8, 4) is 0 Å². The molecule has 0 saturated heterocycles. The molecule has 0 saturated carbocycles. The van der Waals surface area contributed by atoms with E-state index in [1.807, 2.05) is 40.7 Å². The smallest absolute Gasteiger partial charge is 0.247 e. The summed E-state index contributed by atoms with van der Waals surface area (Å²) >= 11 is 0. The summed E-state index contributed by atoms with van der Waals surface area (Å²) < 4.78 is 32.6. The van der Waals surface area contributed by atoms with Crippen molar-refractivity contribution in [2.45, 2.75) is 40.7 Å². The van der Waals surface area contributed by atoms with Crippen LogP contribution in [0.15, 0.2) is 53.1 Å². The molecule has 0 aromatic heterocycles. The van der Waals surface area contributed by atoms with Gasteiger partial charge >= 0.3 is 0 Å². The highest BCUT2D eigenvalue weighted by Crippen LogP contribution is 2.26. The van der Waals surface area contributed by atoms with E-state index in [-0.39, 0.29) is 0 Å². The summed E-state index contributed by atoms with van der Waals surface area (Å²) in [5.41, 5.74) is 5.33. The molecule has 2 aliphatic heterocycles. The van der Waals surface area contributed by atoms with Crippen LogP contribution >= 0.6 is 0 Å². The number of dihydropyridines is 1. The predicted molar refractivity (Wildman–Crippen MR) is 116 cm³/mol. The molecule has 3 N–H and O–H groups in total. The van der Waals surface area contributed by atoms with Crippen LogP contribution in [0, 0.1) is 11.6 Å². The van der Waals surface area contributed by atoms with E-state index in [2.05, 4.69) is 16.1 Å². The number of hydrazine groups is 1. The van der Waals surface area contributed by atoms with Crippen LogP contribution in [0.3, 0.4) is 0 Å². The number of amides is 1. The standard InChI is InChI=1S/C18H20F2N4O2.2C2H6/c1-10-7-16(26-3)21-9-11(10)15-8-14(23-24(15)2)18(25)22-17-12(19)5-4-6-13(17)20;2*1-2/h4-8,14,21,23H,9H2,1-3H3,(H,22,25);2*1-2H3. The Morgan fingerprint density at radius 1 is 1.20 bits per heavy atom. The number of carbonyl (C=O) groups excluding carboxylic acids is 1. The number of likely N-dealkylation sites (N-methyl/N-ethyl adjacent to an activating group) is 1. The second-order valence-electron chi connectivity index (χ2n) is 6.03. The molecular weight excluding hydrogens is 390 g/mol. The van der Waals surface area contributed by atoms with Gasteiger partial charge in [0.2, 0.25) is 5.91 Å². The SMILES string of the molecule is CC.CC.COC1=CC(C)=C(C2=CC(C(=O)Nc3c(F)cccc3F)NN2C)CN1. The highest BCUT2D eigenvalue weighted by Gasteiger charge is 2.30. The van der Waals surface area contributed by atoms with Crippen LogP contribution < -0.4 is 16.1 Å². The van der Waals surface area contributed by atoms with E-state index in [1.165, 1.54) is 6.07 Å². The van der Waals surface area contributed by atoms with Gasteiger partial charge in [0.1, 0.15) is 23.4 Å². The number of ether oxygens (including phenoxy) is 1. The van der Waals surface area contributed by atoms with Gasteiger partial charge in [-0.25, -0.2) is 14.2 Å². The lowest BCUT2D eigenvalue weighted by molar-refractivity contribution is -0.117. The predicted octanol–water partition coefficient (Wildman–Crippen LogP) is 4.07. The molecule has 0 bridgehead atoms. The van der Waals surface area contributed by atoms with E-state index in [0.717, 1.165) is 29.0 Å². The molecule has 8 heteroatoms. The molecular formula is C22H32F2N4O2. The fraction of sp³-hybridized carbons (Fsp3) is 0.409. The first-order chi connectivity index (χ1) is 14.4. The lowest BCUT2D eigenvalue weighted by Crippen LogP contribution is -2.42. The Hall–Kier alpha value is -2.87. The third-order valence-corrected chi connectivity index (χ3v) is 4.30. The minimum atomic E-state index is -0.818. The molecule has 6 nitrogen and oxygen atoms in total. The van der Waals surface area contributed by atoms with Gasteiger partial charge in [-0.05, 0) is 36.3 Å². The van der Waals surface area contributed by atoms with Crippen molar-refractivity contribution >= 4 is 11.6 Å². The molecule has 1 aromatic carbocycles. The molecule has 0 aliphatic carbocycles. The third kappa shape index (κ3) is 5.82. The van der Waals surface area contributed by atoms with E-state index >= 15 is 0 Å². The van der Waals surface area contributed by atoms with Crippen molar-refractivity contribution in [1.82, 2.24) is 15.8 Å². The van der Waals surface area contributed by atoms with Gasteiger partial charge < -0.3 is 20.4 Å². The van der Waals surface area contributed by atoms with Gasteiger partial charge in [0.05, 0.1) is 12.8 Å². The van der Waals surface area contributed by atoms with E-state index in [4.69, 9.17) is 4.74 Å². The Morgan fingerprint density at radius 2 is 1.80 bits per heavy atom. The van der Waals surface area contributed by atoms with Crippen LogP contribution in [0.1, 0.15) is 34.6 Å². The molecule has 3 rings (SSSR count). The largest absolute Gasteiger partial charge is 0.483 e. The Labute approximate surface area is 177 Å². The minimum Gasteiger partial charge on any atom is -0.483 e. The number of halogens is 2. The first kappa shape index (κ1) is 25.2. The van der Waals surface area contributed by atoms with E-state index < -0.39 is 29.3 Å². The summed E-state index contributed by atoms with van der Waals surface area (Å²) in [6.45, 7) is 10.5. The van der Waals surface area contributed by atoms with Crippen molar-refractivity contribution in [3.63, 3.8) is 0 Å². The molecule has 0 radical (unpaired) electrons. The lowest BCUT2D eigenvalue weighted by atomic mass is 10.0. The van der Waals surface area contributed by atoms with Crippen LogP contribution in [-0.2, 0) is 9.53 Å². The average molecular weight is 423 g/mol. The van der Waals surface area contributed by atoms with Gasteiger partial charge in [-0.1, -0.05) is 33.8 Å². The van der Waals surface area contributed by atoms with Crippen LogP contribution in [0.4, 0.5) is 14.5 Å². The highest BCUT2D eigenvalue weighted by molar-refractivity contribution is 5.96. The molecule has 0 spiro atoms. The summed E-state index contributed by atoms with van der Waals surface area (Å²) in [5.74, 6) is -1.52. The van der Waals surface area contributed by atoms with Crippen molar-refractivity contribution in [2.75, 3.05) is 26.0 Å². The number of carbonyl (C=O) groups is 1. The normalized spacial score (nSPS) is 17.5. The summed E-state index contributed by atoms with van der Waals surface area (Å²) in [5, 5.41) is 7.15. The molecule has 2 heterocycles. The van der Waals surface area contributed by atoms with E-state index in [1.54, 1.807) is 25.2 Å². The van der Waals surface area contributed by atoms with E-state index in [0.29, 0.717) is 12.4 Å². The van der Waals surface area contributed by atoms with Crippen LogP contribution in [0.5, 0.6) is 0 Å². The number of nitrogens with zero attached hydrogens (tertiary/aromatic N) is 1. The van der Waals surface area contributed by atoms with Crippen molar-refractivity contribution in [3.05, 3.63) is 64.7 Å². The molecule has 1 atom stereocenters. The fourth-order valence-corrected chi connectivity index (χ4v) is 2.91. The summed E-state index contributed by atoms with van der Waals surface area (Å²) in [7, 11) is 3.36. The van der Waals surface area contributed by atoms with Crippen LogP contribution in [0.2, 0.25) is 0 Å². The number of rotatable bonds is 4. The van der Waals surface area contributed by atoms with Gasteiger partial charge in [0.25, 0.3) is 0 Å². The molecule has 166 valence electrons. The molecule has 1 unspecified atom stereocenters. The minimum absolute atomic E-state index is 0.453. The Morgan fingerprint density at radius 3 is 2.33 bits per heavy atom. The zero-order valence-electron chi connectivity index (χ0n) is 18.7. The Balaban J connectivity index is 0.00000106. The molecule has 1 amide bonds. The quantitative estimate of drug-likeness (QED) is 0.683. The molecule has 0 fully saturated rings. The number of hydrogen-bond acceptors (Lipinski definition) is 5. The summed E-state index contributed by atoms with van der Waals surface area (Å²) in [6, 6.07) is 2.68. The number of allylic oxidation sites excluding steroid dienone is 2. The van der Waals surface area contributed by atoms with Crippen molar-refractivity contribution < 1.29 is 18.3 Å². The fourth-order valence-electron chi connectivity index (χ4n) is 2.91.